The van der Waals surface area contributed by atoms with Crippen LogP contribution in [0.2, 0.25) is 0 Å². The van der Waals surface area contributed by atoms with Crippen molar-refractivity contribution in [3.8, 4) is 11.5 Å². The first-order valence-electron chi connectivity index (χ1n) is 8.53. The normalized spacial score (nSPS) is 20.8. The highest BCUT2D eigenvalue weighted by atomic mass is 16.6. The van der Waals surface area contributed by atoms with Crippen LogP contribution in [0.4, 0.5) is 0 Å². The Kier molecular flexibility index (Phi) is 6.63. The third kappa shape index (κ3) is 4.57. The Morgan fingerprint density at radius 1 is 1.26 bits per heavy atom. The van der Waals surface area contributed by atoms with Crippen molar-refractivity contribution in [2.45, 2.75) is 51.9 Å². The first-order valence-corrected chi connectivity index (χ1v) is 8.53. The Morgan fingerprint density at radius 3 is 2.61 bits per heavy atom. The second-order valence-electron chi connectivity index (χ2n) is 6.28. The Morgan fingerprint density at radius 2 is 2.00 bits per heavy atom. The molecule has 1 aromatic rings. The van der Waals surface area contributed by atoms with Gasteiger partial charge in [-0.2, -0.15) is 0 Å². The minimum absolute atomic E-state index is 0.0720. The summed E-state index contributed by atoms with van der Waals surface area (Å²) in [5, 5.41) is 0. The largest absolute Gasteiger partial charge is 0.493 e. The van der Waals surface area contributed by atoms with Gasteiger partial charge in [-0.1, -0.05) is 32.3 Å². The summed E-state index contributed by atoms with van der Waals surface area (Å²) in [4.78, 5) is 23.6. The molecule has 23 heavy (non-hydrogen) atoms. The Balaban J connectivity index is 1.97. The van der Waals surface area contributed by atoms with Gasteiger partial charge in [-0.25, -0.2) is 0 Å². The van der Waals surface area contributed by atoms with E-state index in [0.29, 0.717) is 17.6 Å². The van der Waals surface area contributed by atoms with Crippen molar-refractivity contribution in [2.24, 2.45) is 11.8 Å². The summed E-state index contributed by atoms with van der Waals surface area (Å²) in [6.07, 6.45) is 8.37. The number of unbranched alkanes of at least 4 members (excludes halogenated alkanes) is 1. The van der Waals surface area contributed by atoms with E-state index in [4.69, 9.17) is 9.47 Å². The van der Waals surface area contributed by atoms with Crippen molar-refractivity contribution in [1.29, 1.82) is 0 Å². The van der Waals surface area contributed by atoms with Crippen LogP contribution in [-0.4, -0.2) is 19.4 Å². The van der Waals surface area contributed by atoms with E-state index >= 15 is 0 Å². The lowest BCUT2D eigenvalue weighted by Crippen LogP contribution is -2.26. The topological polar surface area (TPSA) is 52.6 Å². The molecule has 1 fully saturated rings. The maximum atomic E-state index is 12.4. The second-order valence-corrected chi connectivity index (χ2v) is 6.28. The number of carbonyl (C=O) groups is 2. The summed E-state index contributed by atoms with van der Waals surface area (Å²) in [5.74, 6) is 1.09. The van der Waals surface area contributed by atoms with Gasteiger partial charge in [-0.15, -0.1) is 0 Å². The lowest BCUT2D eigenvalue weighted by atomic mass is 9.80. The predicted molar refractivity (Wildman–Crippen MR) is 89.0 cm³/mol. The van der Waals surface area contributed by atoms with E-state index in [0.717, 1.165) is 31.6 Å². The van der Waals surface area contributed by atoms with E-state index in [9.17, 15) is 9.59 Å². The first kappa shape index (κ1) is 17.5. The van der Waals surface area contributed by atoms with E-state index in [2.05, 4.69) is 6.92 Å². The molecule has 1 saturated carbocycles. The minimum atomic E-state index is -0.244. The van der Waals surface area contributed by atoms with Gasteiger partial charge in [0.1, 0.15) is 0 Å². The maximum absolute atomic E-state index is 12.4. The summed E-state index contributed by atoms with van der Waals surface area (Å²) in [6, 6.07) is 5.02. The molecule has 0 radical (unpaired) electrons. The highest BCUT2D eigenvalue weighted by molar-refractivity contribution is 5.85. The number of para-hydroxylation sites is 1. The van der Waals surface area contributed by atoms with E-state index in [1.807, 2.05) is 0 Å². The van der Waals surface area contributed by atoms with Gasteiger partial charge in [0.25, 0.3) is 0 Å². The van der Waals surface area contributed by atoms with Crippen molar-refractivity contribution in [2.75, 3.05) is 7.11 Å². The van der Waals surface area contributed by atoms with Crippen LogP contribution < -0.4 is 9.47 Å². The standard InChI is InChI=1S/C19H26O4/c1-3-4-6-14-9-11-15(12-10-14)19(21)23-18-16(13-20)7-5-8-17(18)22-2/h5,7-8,13-15H,3-4,6,9-12H2,1-2H3. The molecule has 0 atom stereocenters. The van der Waals surface area contributed by atoms with Crippen LogP contribution in [-0.2, 0) is 4.79 Å². The lowest BCUT2D eigenvalue weighted by Gasteiger charge is -2.27. The number of hydrogen-bond donors (Lipinski definition) is 0. The van der Waals surface area contributed by atoms with Crippen LogP contribution in [0.1, 0.15) is 62.2 Å². The van der Waals surface area contributed by atoms with Gasteiger partial charge in [0.15, 0.2) is 17.8 Å². The molecule has 0 spiro atoms. The molecule has 1 aromatic carbocycles. The molecule has 0 N–H and O–H groups in total. The molecule has 0 amide bonds. The Bertz CT molecular complexity index is 530. The molecule has 0 saturated heterocycles. The van der Waals surface area contributed by atoms with E-state index in [-0.39, 0.29) is 17.6 Å². The fourth-order valence-corrected chi connectivity index (χ4v) is 3.26. The van der Waals surface area contributed by atoms with Crippen LogP contribution in [0, 0.1) is 11.8 Å². The number of esters is 1. The van der Waals surface area contributed by atoms with Gasteiger partial charge >= 0.3 is 5.97 Å². The number of methoxy groups -OCH3 is 1. The van der Waals surface area contributed by atoms with Crippen LogP contribution in [0.3, 0.4) is 0 Å². The molecular weight excluding hydrogens is 292 g/mol. The van der Waals surface area contributed by atoms with Gasteiger partial charge in [0.05, 0.1) is 18.6 Å². The molecule has 0 unspecified atom stereocenters. The molecule has 0 aliphatic heterocycles. The van der Waals surface area contributed by atoms with Crippen LogP contribution >= 0.6 is 0 Å². The summed E-state index contributed by atoms with van der Waals surface area (Å²) in [5.41, 5.74) is 0.342. The van der Waals surface area contributed by atoms with Crippen LogP contribution in [0.5, 0.6) is 11.5 Å². The van der Waals surface area contributed by atoms with Crippen molar-refractivity contribution >= 4 is 12.3 Å². The molecule has 4 heteroatoms. The van der Waals surface area contributed by atoms with E-state index in [1.165, 1.54) is 26.4 Å². The smallest absolute Gasteiger partial charge is 0.314 e. The van der Waals surface area contributed by atoms with Crippen molar-refractivity contribution in [3.63, 3.8) is 0 Å². The van der Waals surface area contributed by atoms with Crippen molar-refractivity contribution < 1.29 is 19.1 Å². The van der Waals surface area contributed by atoms with Crippen LogP contribution in [0.25, 0.3) is 0 Å². The highest BCUT2D eigenvalue weighted by Gasteiger charge is 2.28. The number of benzene rings is 1. The SMILES string of the molecule is CCCCC1CCC(C(=O)Oc2c(C=O)cccc2OC)CC1. The highest BCUT2D eigenvalue weighted by Crippen LogP contribution is 2.35. The monoisotopic (exact) mass is 318 g/mol. The fourth-order valence-electron chi connectivity index (χ4n) is 3.26. The third-order valence-electron chi connectivity index (χ3n) is 4.70. The van der Waals surface area contributed by atoms with Gasteiger partial charge in [0.2, 0.25) is 0 Å². The molecule has 126 valence electrons. The molecular formula is C19H26O4. The fraction of sp³-hybridized carbons (Fsp3) is 0.579. The van der Waals surface area contributed by atoms with E-state index < -0.39 is 0 Å². The summed E-state index contributed by atoms with van der Waals surface area (Å²) in [7, 11) is 1.50. The second kappa shape index (κ2) is 8.70. The first-order chi connectivity index (χ1) is 11.2. The van der Waals surface area contributed by atoms with Gasteiger partial charge < -0.3 is 9.47 Å². The molecule has 1 aliphatic rings. The number of aldehydes is 1. The van der Waals surface area contributed by atoms with E-state index in [1.54, 1.807) is 18.2 Å². The van der Waals surface area contributed by atoms with Crippen LogP contribution in [0.15, 0.2) is 18.2 Å². The molecule has 0 aromatic heterocycles. The zero-order valence-corrected chi connectivity index (χ0v) is 14.0. The van der Waals surface area contributed by atoms with Gasteiger partial charge in [0, 0.05) is 0 Å². The molecule has 0 bridgehead atoms. The third-order valence-corrected chi connectivity index (χ3v) is 4.70. The summed E-state index contributed by atoms with van der Waals surface area (Å²) >= 11 is 0. The average Bonchev–Trinajstić information content (AvgIpc) is 2.60. The Labute approximate surface area is 138 Å². The lowest BCUT2D eigenvalue weighted by molar-refractivity contribution is -0.140. The number of hydrogen-bond acceptors (Lipinski definition) is 4. The average molecular weight is 318 g/mol. The molecule has 1 aliphatic carbocycles. The zero-order valence-electron chi connectivity index (χ0n) is 14.0. The number of ether oxygens (including phenoxy) is 2. The maximum Gasteiger partial charge on any atom is 0.314 e. The van der Waals surface area contributed by atoms with Gasteiger partial charge in [-0.05, 0) is 43.7 Å². The Hall–Kier alpha value is -1.84. The zero-order chi connectivity index (χ0) is 16.7. The molecule has 0 heterocycles. The number of rotatable bonds is 7. The molecule has 4 nitrogen and oxygen atoms in total. The summed E-state index contributed by atoms with van der Waals surface area (Å²) < 4.78 is 10.7. The molecule has 2 rings (SSSR count). The predicted octanol–water partition coefficient (Wildman–Crippen LogP) is 4.41. The minimum Gasteiger partial charge on any atom is -0.493 e. The van der Waals surface area contributed by atoms with Crippen molar-refractivity contribution in [1.82, 2.24) is 0 Å². The number of carbonyl (C=O) groups excluding carboxylic acids is 2. The quantitative estimate of drug-likeness (QED) is 0.424. The summed E-state index contributed by atoms with van der Waals surface area (Å²) in [6.45, 7) is 2.21. The van der Waals surface area contributed by atoms with Crippen molar-refractivity contribution in [3.05, 3.63) is 23.8 Å². The van der Waals surface area contributed by atoms with Gasteiger partial charge in [-0.3, -0.25) is 9.59 Å².